The summed E-state index contributed by atoms with van der Waals surface area (Å²) in [5, 5.41) is 0.559. The van der Waals surface area contributed by atoms with Crippen LogP contribution >= 0.6 is 11.6 Å². The number of hydrogen-bond donors (Lipinski definition) is 0. The molecule has 0 spiro atoms. The largest absolute Gasteiger partial charge is 0.423 e. The molecule has 0 saturated heterocycles. The summed E-state index contributed by atoms with van der Waals surface area (Å²) in [5.74, 6) is -0.00517. The van der Waals surface area contributed by atoms with Crippen LogP contribution in [-0.2, 0) is 0 Å². The molecule has 0 saturated carbocycles. The lowest BCUT2D eigenvalue weighted by molar-refractivity contribution is 0.0734. The van der Waals surface area contributed by atoms with E-state index in [1.54, 1.807) is 55.5 Å². The molecule has 0 N–H and O–H groups in total. The van der Waals surface area contributed by atoms with E-state index in [0.717, 1.165) is 0 Å². The van der Waals surface area contributed by atoms with Gasteiger partial charge in [-0.2, -0.15) is 0 Å². The molecule has 0 bridgehead atoms. The molecule has 3 nitrogen and oxygen atoms in total. The van der Waals surface area contributed by atoms with Gasteiger partial charge in [0.1, 0.15) is 5.75 Å². The van der Waals surface area contributed by atoms with Crippen LogP contribution in [0.2, 0.25) is 5.02 Å². The molecule has 102 valence electrons. The van der Waals surface area contributed by atoms with Gasteiger partial charge in [-0.25, -0.2) is 4.79 Å². The van der Waals surface area contributed by atoms with Gasteiger partial charge in [0.05, 0.1) is 5.56 Å². The van der Waals surface area contributed by atoms with E-state index >= 15 is 0 Å². The van der Waals surface area contributed by atoms with Gasteiger partial charge in [-0.3, -0.25) is 4.79 Å². The van der Waals surface area contributed by atoms with Gasteiger partial charge in [-0.1, -0.05) is 18.5 Å². The van der Waals surface area contributed by atoms with Crippen LogP contribution in [0.3, 0.4) is 0 Å². The monoisotopic (exact) mass is 288 g/mol. The molecule has 2 aromatic rings. The fraction of sp³-hybridized carbons (Fsp3) is 0.125. The summed E-state index contributed by atoms with van der Waals surface area (Å²) < 4.78 is 5.22. The van der Waals surface area contributed by atoms with E-state index in [-0.39, 0.29) is 5.78 Å². The van der Waals surface area contributed by atoms with Crippen LogP contribution in [-0.4, -0.2) is 11.8 Å². The lowest BCUT2D eigenvalue weighted by atomic mass is 10.1. The molecule has 0 aliphatic carbocycles. The van der Waals surface area contributed by atoms with Crippen LogP contribution in [0, 0.1) is 0 Å². The van der Waals surface area contributed by atoms with Crippen LogP contribution in [0.1, 0.15) is 34.1 Å². The molecule has 0 atom stereocenters. The average Bonchev–Trinajstić information content (AvgIpc) is 2.48. The summed E-state index contributed by atoms with van der Waals surface area (Å²) in [6, 6.07) is 13.0. The van der Waals surface area contributed by atoms with Gasteiger partial charge in [0.2, 0.25) is 0 Å². The second-order valence-corrected chi connectivity index (χ2v) is 4.63. The zero-order chi connectivity index (χ0) is 14.5. The van der Waals surface area contributed by atoms with Crippen molar-refractivity contribution in [3.63, 3.8) is 0 Å². The van der Waals surface area contributed by atoms with Gasteiger partial charge in [-0.15, -0.1) is 0 Å². The average molecular weight is 289 g/mol. The fourth-order valence-electron chi connectivity index (χ4n) is 1.66. The Morgan fingerprint density at radius 1 is 0.950 bits per heavy atom. The van der Waals surface area contributed by atoms with Crippen molar-refractivity contribution in [2.45, 2.75) is 13.3 Å². The van der Waals surface area contributed by atoms with Crippen LogP contribution < -0.4 is 4.74 Å². The number of ketones is 1. The molecule has 4 heteroatoms. The maximum Gasteiger partial charge on any atom is 0.343 e. The second-order valence-electron chi connectivity index (χ2n) is 4.20. The van der Waals surface area contributed by atoms with Gasteiger partial charge in [0.25, 0.3) is 0 Å². The van der Waals surface area contributed by atoms with Crippen molar-refractivity contribution in [2.24, 2.45) is 0 Å². The quantitative estimate of drug-likeness (QED) is 0.482. The molecule has 0 fully saturated rings. The standard InChI is InChI=1S/C16H13ClO3/c1-2-15(18)11-5-9-14(10-6-11)20-16(19)12-3-7-13(17)8-4-12/h3-10H,2H2,1H3. The Balaban J connectivity index is 2.08. The molecule has 20 heavy (non-hydrogen) atoms. The van der Waals surface area contributed by atoms with E-state index in [1.165, 1.54) is 0 Å². The summed E-state index contributed by atoms with van der Waals surface area (Å²) in [6.45, 7) is 1.80. The zero-order valence-electron chi connectivity index (χ0n) is 10.9. The van der Waals surface area contributed by atoms with E-state index in [9.17, 15) is 9.59 Å². The highest BCUT2D eigenvalue weighted by Gasteiger charge is 2.09. The topological polar surface area (TPSA) is 43.4 Å². The summed E-state index contributed by atoms with van der Waals surface area (Å²) in [5.41, 5.74) is 1.03. The Labute approximate surface area is 122 Å². The second kappa shape index (κ2) is 6.35. The highest BCUT2D eigenvalue weighted by atomic mass is 35.5. The molecular formula is C16H13ClO3. The number of Topliss-reactive ketones (excluding diaryl/α,β-unsaturated/α-hetero) is 1. The normalized spacial score (nSPS) is 10.1. The first kappa shape index (κ1) is 14.3. The van der Waals surface area contributed by atoms with Gasteiger partial charge >= 0.3 is 5.97 Å². The van der Waals surface area contributed by atoms with Crippen LogP contribution in [0.5, 0.6) is 5.75 Å². The maximum atomic E-state index is 11.9. The molecular weight excluding hydrogens is 276 g/mol. The van der Waals surface area contributed by atoms with E-state index < -0.39 is 5.97 Å². The number of carbonyl (C=O) groups excluding carboxylic acids is 2. The number of carbonyl (C=O) groups is 2. The zero-order valence-corrected chi connectivity index (χ0v) is 11.7. The summed E-state index contributed by atoms with van der Waals surface area (Å²) in [6.07, 6.45) is 0.448. The Morgan fingerprint density at radius 2 is 1.50 bits per heavy atom. The number of benzene rings is 2. The third-order valence-electron chi connectivity index (χ3n) is 2.79. The van der Waals surface area contributed by atoms with E-state index in [0.29, 0.717) is 28.3 Å². The van der Waals surface area contributed by atoms with E-state index in [4.69, 9.17) is 16.3 Å². The van der Waals surface area contributed by atoms with Crippen molar-refractivity contribution >= 4 is 23.4 Å². The Hall–Kier alpha value is -2.13. The number of hydrogen-bond acceptors (Lipinski definition) is 3. The Kier molecular flexibility index (Phi) is 4.53. The highest BCUT2D eigenvalue weighted by Crippen LogP contribution is 2.16. The third kappa shape index (κ3) is 3.45. The smallest absolute Gasteiger partial charge is 0.343 e. The fourth-order valence-corrected chi connectivity index (χ4v) is 1.79. The molecule has 0 unspecified atom stereocenters. The predicted octanol–water partition coefficient (Wildman–Crippen LogP) is 4.15. The van der Waals surface area contributed by atoms with Gasteiger partial charge in [0, 0.05) is 17.0 Å². The molecule has 0 amide bonds. The Bertz CT molecular complexity index is 615. The minimum atomic E-state index is -0.462. The first-order valence-corrected chi connectivity index (χ1v) is 6.59. The molecule has 0 heterocycles. The number of ether oxygens (including phenoxy) is 1. The first-order valence-electron chi connectivity index (χ1n) is 6.21. The SMILES string of the molecule is CCC(=O)c1ccc(OC(=O)c2ccc(Cl)cc2)cc1. The molecule has 0 aromatic heterocycles. The molecule has 2 aromatic carbocycles. The van der Waals surface area contributed by atoms with Gasteiger partial charge in [-0.05, 0) is 48.5 Å². The highest BCUT2D eigenvalue weighted by molar-refractivity contribution is 6.30. The van der Waals surface area contributed by atoms with Crippen molar-refractivity contribution < 1.29 is 14.3 Å². The molecule has 0 aliphatic rings. The van der Waals surface area contributed by atoms with Crippen molar-refractivity contribution in [1.82, 2.24) is 0 Å². The number of esters is 1. The predicted molar refractivity (Wildman–Crippen MR) is 77.5 cm³/mol. The van der Waals surface area contributed by atoms with Crippen molar-refractivity contribution in [2.75, 3.05) is 0 Å². The van der Waals surface area contributed by atoms with E-state index in [2.05, 4.69) is 0 Å². The van der Waals surface area contributed by atoms with Crippen molar-refractivity contribution in [1.29, 1.82) is 0 Å². The summed E-state index contributed by atoms with van der Waals surface area (Å²) in [7, 11) is 0. The summed E-state index contributed by atoms with van der Waals surface area (Å²) in [4.78, 5) is 23.3. The first-order chi connectivity index (χ1) is 9.60. The van der Waals surface area contributed by atoms with Crippen LogP contribution in [0.25, 0.3) is 0 Å². The lowest BCUT2D eigenvalue weighted by Crippen LogP contribution is -2.08. The third-order valence-corrected chi connectivity index (χ3v) is 3.04. The van der Waals surface area contributed by atoms with Crippen molar-refractivity contribution in [3.05, 3.63) is 64.7 Å². The van der Waals surface area contributed by atoms with Gasteiger partial charge in [0.15, 0.2) is 5.78 Å². The number of rotatable bonds is 4. The van der Waals surface area contributed by atoms with Crippen LogP contribution in [0.15, 0.2) is 48.5 Å². The van der Waals surface area contributed by atoms with Gasteiger partial charge < -0.3 is 4.74 Å². The molecule has 0 radical (unpaired) electrons. The molecule has 0 aliphatic heterocycles. The Morgan fingerprint density at radius 3 is 2.05 bits per heavy atom. The van der Waals surface area contributed by atoms with E-state index in [1.807, 2.05) is 0 Å². The minimum Gasteiger partial charge on any atom is -0.423 e. The minimum absolute atomic E-state index is 0.0561. The molecule has 2 rings (SSSR count). The van der Waals surface area contributed by atoms with Crippen molar-refractivity contribution in [3.8, 4) is 5.75 Å². The summed E-state index contributed by atoms with van der Waals surface area (Å²) >= 11 is 5.75. The lowest BCUT2D eigenvalue weighted by Gasteiger charge is -2.05. The number of halogens is 1. The maximum absolute atomic E-state index is 11.9. The van der Waals surface area contributed by atoms with Crippen LogP contribution in [0.4, 0.5) is 0 Å².